The van der Waals surface area contributed by atoms with Gasteiger partial charge in [0.25, 0.3) is 5.91 Å². The molecule has 0 heterocycles. The summed E-state index contributed by atoms with van der Waals surface area (Å²) in [6.45, 7) is 5.15. The Labute approximate surface area is 127 Å². The van der Waals surface area contributed by atoms with Crippen LogP contribution in [0, 0.1) is 20.8 Å². The van der Waals surface area contributed by atoms with E-state index in [-0.39, 0.29) is 11.3 Å². The molecule has 2 nitrogen and oxygen atoms in total. The molecule has 116 valence electrons. The lowest BCUT2D eigenvalue weighted by molar-refractivity contribution is -0.138. The molecule has 0 unspecified atom stereocenters. The number of hydrogen-bond acceptors (Lipinski definition) is 1. The van der Waals surface area contributed by atoms with Gasteiger partial charge in [-0.05, 0) is 61.7 Å². The first-order valence-corrected chi connectivity index (χ1v) is 6.75. The molecule has 2 rings (SSSR count). The summed E-state index contributed by atoms with van der Waals surface area (Å²) in [6.07, 6.45) is -4.44. The molecule has 2 aromatic rings. The summed E-state index contributed by atoms with van der Waals surface area (Å²) in [5, 5.41) is 2.55. The quantitative estimate of drug-likeness (QED) is 0.841. The summed E-state index contributed by atoms with van der Waals surface area (Å²) in [7, 11) is 0. The van der Waals surface area contributed by atoms with E-state index in [0.717, 1.165) is 17.2 Å². The third-order valence-corrected chi connectivity index (χ3v) is 3.66. The molecule has 1 N–H and O–H groups in total. The van der Waals surface area contributed by atoms with Crippen LogP contribution in [0.3, 0.4) is 0 Å². The first-order valence-electron chi connectivity index (χ1n) is 6.75. The van der Waals surface area contributed by atoms with Gasteiger partial charge in [0.15, 0.2) is 0 Å². The number of alkyl halides is 3. The van der Waals surface area contributed by atoms with Crippen molar-refractivity contribution in [2.24, 2.45) is 0 Å². The zero-order valence-electron chi connectivity index (χ0n) is 12.5. The van der Waals surface area contributed by atoms with E-state index in [4.69, 9.17) is 0 Å². The SMILES string of the molecule is Cc1ccc(C(=O)Nc2cccc(C(F)(F)F)c2C)cc1C. The molecule has 0 saturated carbocycles. The summed E-state index contributed by atoms with van der Waals surface area (Å²) in [5.74, 6) is -0.425. The van der Waals surface area contributed by atoms with Gasteiger partial charge < -0.3 is 5.32 Å². The molecule has 0 aromatic heterocycles. The van der Waals surface area contributed by atoms with Crippen LogP contribution >= 0.6 is 0 Å². The van der Waals surface area contributed by atoms with E-state index in [9.17, 15) is 18.0 Å². The number of rotatable bonds is 2. The van der Waals surface area contributed by atoms with Crippen LogP contribution in [0.1, 0.15) is 32.6 Å². The van der Waals surface area contributed by atoms with Crippen molar-refractivity contribution in [2.75, 3.05) is 5.32 Å². The lowest BCUT2D eigenvalue weighted by Gasteiger charge is -2.15. The van der Waals surface area contributed by atoms with Gasteiger partial charge in [0, 0.05) is 11.3 Å². The molecule has 0 aliphatic heterocycles. The van der Waals surface area contributed by atoms with E-state index in [2.05, 4.69) is 5.32 Å². The Kier molecular flexibility index (Phi) is 4.26. The van der Waals surface area contributed by atoms with Crippen molar-refractivity contribution in [1.29, 1.82) is 0 Å². The third kappa shape index (κ3) is 3.30. The van der Waals surface area contributed by atoms with Crippen molar-refractivity contribution in [3.8, 4) is 0 Å². The molecular formula is C17H16F3NO. The number of anilines is 1. The number of carbonyl (C=O) groups excluding carboxylic acids is 1. The molecule has 22 heavy (non-hydrogen) atoms. The van der Waals surface area contributed by atoms with Crippen molar-refractivity contribution in [3.05, 3.63) is 64.2 Å². The minimum atomic E-state index is -4.44. The zero-order chi connectivity index (χ0) is 16.5. The summed E-state index contributed by atoms with van der Waals surface area (Å²) < 4.78 is 38.6. The molecule has 0 radical (unpaired) electrons. The standard InChI is InChI=1S/C17H16F3NO/c1-10-7-8-13(9-11(10)2)16(22)21-15-6-4-5-14(12(15)3)17(18,19)20/h4-9H,1-3H3,(H,21,22). The summed E-state index contributed by atoms with van der Waals surface area (Å²) >= 11 is 0. The van der Waals surface area contributed by atoms with Gasteiger partial charge in [-0.2, -0.15) is 13.2 Å². The minimum absolute atomic E-state index is 0.00665. The highest BCUT2D eigenvalue weighted by Gasteiger charge is 2.33. The Morgan fingerprint density at radius 2 is 1.68 bits per heavy atom. The average molecular weight is 307 g/mol. The lowest BCUT2D eigenvalue weighted by Crippen LogP contribution is -2.15. The molecule has 1 amide bonds. The van der Waals surface area contributed by atoms with Crippen LogP contribution in [0.15, 0.2) is 36.4 Å². The molecule has 5 heteroatoms. The monoisotopic (exact) mass is 307 g/mol. The van der Waals surface area contributed by atoms with Crippen molar-refractivity contribution in [3.63, 3.8) is 0 Å². The maximum Gasteiger partial charge on any atom is 0.416 e. The van der Waals surface area contributed by atoms with Crippen LogP contribution in [0.2, 0.25) is 0 Å². The number of benzene rings is 2. The van der Waals surface area contributed by atoms with E-state index in [1.54, 1.807) is 12.1 Å². The lowest BCUT2D eigenvalue weighted by atomic mass is 10.0. The van der Waals surface area contributed by atoms with Crippen LogP contribution in [0.4, 0.5) is 18.9 Å². The number of aryl methyl sites for hydroxylation is 2. The Morgan fingerprint density at radius 3 is 2.27 bits per heavy atom. The second kappa shape index (κ2) is 5.83. The zero-order valence-corrected chi connectivity index (χ0v) is 12.5. The highest BCUT2D eigenvalue weighted by Crippen LogP contribution is 2.34. The smallest absolute Gasteiger partial charge is 0.322 e. The number of nitrogens with one attached hydrogen (secondary N) is 1. The first-order chi connectivity index (χ1) is 10.2. The predicted octanol–water partition coefficient (Wildman–Crippen LogP) is 4.88. The second-order valence-corrected chi connectivity index (χ2v) is 5.23. The van der Waals surface area contributed by atoms with E-state index in [1.165, 1.54) is 19.1 Å². The number of amides is 1. The van der Waals surface area contributed by atoms with Crippen LogP contribution < -0.4 is 5.32 Å². The van der Waals surface area contributed by atoms with Gasteiger partial charge in [0.2, 0.25) is 0 Å². The van der Waals surface area contributed by atoms with E-state index >= 15 is 0 Å². The van der Waals surface area contributed by atoms with Gasteiger partial charge in [-0.15, -0.1) is 0 Å². The van der Waals surface area contributed by atoms with Crippen LogP contribution in [-0.2, 0) is 6.18 Å². The topological polar surface area (TPSA) is 29.1 Å². The summed E-state index contributed by atoms with van der Waals surface area (Å²) in [5.41, 5.74) is 1.84. The molecule has 0 aliphatic rings. The molecule has 0 bridgehead atoms. The number of hydrogen-bond donors (Lipinski definition) is 1. The fourth-order valence-electron chi connectivity index (χ4n) is 2.16. The van der Waals surface area contributed by atoms with Gasteiger partial charge in [-0.1, -0.05) is 12.1 Å². The van der Waals surface area contributed by atoms with Gasteiger partial charge in [0.05, 0.1) is 5.56 Å². The second-order valence-electron chi connectivity index (χ2n) is 5.23. The van der Waals surface area contributed by atoms with Gasteiger partial charge >= 0.3 is 6.18 Å². The summed E-state index contributed by atoms with van der Waals surface area (Å²) in [6, 6.07) is 8.92. The molecule has 0 atom stereocenters. The van der Waals surface area contributed by atoms with Crippen molar-refractivity contribution >= 4 is 11.6 Å². The Hall–Kier alpha value is -2.30. The maximum atomic E-state index is 12.9. The van der Waals surface area contributed by atoms with E-state index in [0.29, 0.717) is 5.56 Å². The maximum absolute atomic E-state index is 12.9. The molecule has 0 saturated heterocycles. The third-order valence-electron chi connectivity index (χ3n) is 3.66. The number of carbonyl (C=O) groups is 1. The van der Waals surface area contributed by atoms with E-state index < -0.39 is 17.6 Å². The van der Waals surface area contributed by atoms with Crippen molar-refractivity contribution < 1.29 is 18.0 Å². The van der Waals surface area contributed by atoms with Crippen molar-refractivity contribution in [1.82, 2.24) is 0 Å². The molecular weight excluding hydrogens is 291 g/mol. The van der Waals surface area contributed by atoms with Gasteiger partial charge in [-0.3, -0.25) is 4.79 Å². The Balaban J connectivity index is 2.31. The first kappa shape index (κ1) is 16.1. The predicted molar refractivity (Wildman–Crippen MR) is 80.1 cm³/mol. The van der Waals surface area contributed by atoms with Gasteiger partial charge in [-0.25, -0.2) is 0 Å². The normalized spacial score (nSPS) is 11.4. The van der Waals surface area contributed by atoms with E-state index in [1.807, 2.05) is 19.9 Å². The Bertz CT molecular complexity index is 720. The molecule has 0 fully saturated rings. The largest absolute Gasteiger partial charge is 0.416 e. The fraction of sp³-hybridized carbons (Fsp3) is 0.235. The minimum Gasteiger partial charge on any atom is -0.322 e. The summed E-state index contributed by atoms with van der Waals surface area (Å²) in [4.78, 5) is 12.2. The van der Waals surface area contributed by atoms with Crippen LogP contribution in [0.5, 0.6) is 0 Å². The van der Waals surface area contributed by atoms with Crippen LogP contribution in [0.25, 0.3) is 0 Å². The fourth-order valence-corrected chi connectivity index (χ4v) is 2.16. The highest BCUT2D eigenvalue weighted by atomic mass is 19.4. The highest BCUT2D eigenvalue weighted by molar-refractivity contribution is 6.04. The average Bonchev–Trinajstić information content (AvgIpc) is 2.42. The Morgan fingerprint density at radius 1 is 1.00 bits per heavy atom. The van der Waals surface area contributed by atoms with Crippen LogP contribution in [-0.4, -0.2) is 5.91 Å². The molecule has 0 spiro atoms. The molecule has 0 aliphatic carbocycles. The van der Waals surface area contributed by atoms with Crippen molar-refractivity contribution in [2.45, 2.75) is 26.9 Å². The molecule has 2 aromatic carbocycles. The van der Waals surface area contributed by atoms with Gasteiger partial charge in [0.1, 0.15) is 0 Å². The number of halogens is 3.